The highest BCUT2D eigenvalue weighted by Crippen LogP contribution is 2.21. The van der Waals surface area contributed by atoms with Crippen molar-refractivity contribution < 1.29 is 8.81 Å². The van der Waals surface area contributed by atoms with Crippen molar-refractivity contribution in [2.75, 3.05) is 0 Å². The van der Waals surface area contributed by atoms with Crippen molar-refractivity contribution in [3.63, 3.8) is 0 Å². The third-order valence-corrected chi connectivity index (χ3v) is 1.91. The molecule has 0 fully saturated rings. The fourth-order valence-corrected chi connectivity index (χ4v) is 1.16. The molecule has 1 aromatic carbocycles. The smallest absolute Gasteiger partial charge is 0.250 e. The van der Waals surface area contributed by atoms with E-state index in [9.17, 15) is 4.39 Å². The van der Waals surface area contributed by atoms with Crippen LogP contribution in [-0.4, -0.2) is 10.2 Å². The molecule has 0 aliphatic rings. The largest absolute Gasteiger partial charge is 0.419 e. The van der Waals surface area contributed by atoms with Crippen molar-refractivity contribution in [2.45, 2.75) is 5.88 Å². The summed E-state index contributed by atoms with van der Waals surface area (Å²) in [5.41, 5.74) is 0.288. The van der Waals surface area contributed by atoms with E-state index in [1.54, 1.807) is 18.2 Å². The Morgan fingerprint density at radius 1 is 1.29 bits per heavy atom. The lowest BCUT2D eigenvalue weighted by molar-refractivity contribution is 0.521. The van der Waals surface area contributed by atoms with Crippen molar-refractivity contribution in [1.82, 2.24) is 10.2 Å². The fraction of sp³-hybridized carbons (Fsp3) is 0.111. The molecule has 0 bridgehead atoms. The quantitative estimate of drug-likeness (QED) is 0.719. The van der Waals surface area contributed by atoms with Gasteiger partial charge in [-0.1, -0.05) is 12.1 Å². The second kappa shape index (κ2) is 3.75. The van der Waals surface area contributed by atoms with Crippen LogP contribution in [0.1, 0.15) is 5.89 Å². The van der Waals surface area contributed by atoms with Crippen molar-refractivity contribution in [3.05, 3.63) is 36.0 Å². The Hall–Kier alpha value is -1.42. The lowest BCUT2D eigenvalue weighted by Crippen LogP contribution is -1.82. The van der Waals surface area contributed by atoms with E-state index in [1.165, 1.54) is 6.07 Å². The van der Waals surface area contributed by atoms with Crippen LogP contribution in [0.2, 0.25) is 0 Å². The van der Waals surface area contributed by atoms with Gasteiger partial charge in [0.15, 0.2) is 0 Å². The Morgan fingerprint density at radius 3 is 2.71 bits per heavy atom. The molecule has 2 aromatic rings. The molecule has 2 rings (SSSR count). The van der Waals surface area contributed by atoms with Gasteiger partial charge in [0.2, 0.25) is 5.89 Å². The average Bonchev–Trinajstić information content (AvgIpc) is 2.67. The number of aromatic nitrogens is 2. The van der Waals surface area contributed by atoms with E-state index in [-0.39, 0.29) is 23.2 Å². The molecule has 0 atom stereocenters. The topological polar surface area (TPSA) is 38.9 Å². The predicted molar refractivity (Wildman–Crippen MR) is 49.2 cm³/mol. The highest BCUT2D eigenvalue weighted by atomic mass is 35.5. The van der Waals surface area contributed by atoms with Crippen molar-refractivity contribution >= 4 is 11.6 Å². The van der Waals surface area contributed by atoms with Gasteiger partial charge in [-0.3, -0.25) is 0 Å². The first kappa shape index (κ1) is 9.15. The van der Waals surface area contributed by atoms with Crippen LogP contribution in [0.25, 0.3) is 11.5 Å². The van der Waals surface area contributed by atoms with Crippen molar-refractivity contribution in [1.29, 1.82) is 0 Å². The molecule has 0 spiro atoms. The number of hydrogen-bond acceptors (Lipinski definition) is 3. The van der Waals surface area contributed by atoms with Crippen LogP contribution in [0.15, 0.2) is 28.7 Å². The van der Waals surface area contributed by atoms with E-state index in [2.05, 4.69) is 10.2 Å². The van der Waals surface area contributed by atoms with Crippen LogP contribution in [0, 0.1) is 5.82 Å². The standard InChI is InChI=1S/C9H6ClFN2O/c10-5-8-12-13-9(14-8)6-3-1-2-4-7(6)11/h1-4H,5H2. The van der Waals surface area contributed by atoms with E-state index < -0.39 is 5.82 Å². The first-order valence-corrected chi connectivity index (χ1v) is 4.48. The average molecular weight is 213 g/mol. The molecule has 1 aromatic heterocycles. The van der Waals surface area contributed by atoms with Gasteiger partial charge in [-0.2, -0.15) is 0 Å². The number of hydrogen-bond donors (Lipinski definition) is 0. The molecule has 72 valence electrons. The molecule has 3 nitrogen and oxygen atoms in total. The number of benzene rings is 1. The van der Waals surface area contributed by atoms with Gasteiger partial charge in [-0.05, 0) is 12.1 Å². The number of nitrogens with zero attached hydrogens (tertiary/aromatic N) is 2. The second-order valence-corrected chi connectivity index (χ2v) is 2.88. The van der Waals surface area contributed by atoms with Gasteiger partial charge in [-0.15, -0.1) is 21.8 Å². The first-order valence-electron chi connectivity index (χ1n) is 3.94. The van der Waals surface area contributed by atoms with Crippen LogP contribution in [0.3, 0.4) is 0 Å². The minimum absolute atomic E-state index is 0.126. The van der Waals surface area contributed by atoms with E-state index in [1.807, 2.05) is 0 Å². The van der Waals surface area contributed by atoms with E-state index in [4.69, 9.17) is 16.0 Å². The van der Waals surface area contributed by atoms with Gasteiger partial charge in [0, 0.05) is 0 Å². The lowest BCUT2D eigenvalue weighted by atomic mass is 10.2. The minimum Gasteiger partial charge on any atom is -0.419 e. The van der Waals surface area contributed by atoms with E-state index in [0.717, 1.165) is 0 Å². The molecule has 0 radical (unpaired) electrons. The molecule has 0 amide bonds. The maximum absolute atomic E-state index is 13.2. The summed E-state index contributed by atoms with van der Waals surface area (Å²) in [6, 6.07) is 6.20. The third kappa shape index (κ3) is 1.61. The number of alkyl halides is 1. The molecule has 0 aliphatic heterocycles. The Bertz CT molecular complexity index is 444. The van der Waals surface area contributed by atoms with Crippen molar-refractivity contribution in [3.8, 4) is 11.5 Å². The molecular formula is C9H6ClFN2O. The molecule has 0 saturated carbocycles. The zero-order chi connectivity index (χ0) is 9.97. The Morgan fingerprint density at radius 2 is 2.07 bits per heavy atom. The third-order valence-electron chi connectivity index (χ3n) is 1.69. The predicted octanol–water partition coefficient (Wildman–Crippen LogP) is 2.61. The summed E-state index contributed by atoms with van der Waals surface area (Å²) >= 11 is 5.48. The second-order valence-electron chi connectivity index (χ2n) is 2.61. The Labute approximate surface area is 84.5 Å². The zero-order valence-corrected chi connectivity index (χ0v) is 7.83. The molecule has 0 saturated heterocycles. The van der Waals surface area contributed by atoms with Crippen LogP contribution >= 0.6 is 11.6 Å². The normalized spacial score (nSPS) is 10.4. The summed E-state index contributed by atoms with van der Waals surface area (Å²) < 4.78 is 18.3. The van der Waals surface area contributed by atoms with Gasteiger partial charge >= 0.3 is 0 Å². The van der Waals surface area contributed by atoms with Crippen LogP contribution in [0.5, 0.6) is 0 Å². The SMILES string of the molecule is Fc1ccccc1-c1nnc(CCl)o1. The van der Waals surface area contributed by atoms with Gasteiger partial charge in [0.1, 0.15) is 11.7 Å². The van der Waals surface area contributed by atoms with Gasteiger partial charge < -0.3 is 4.42 Å². The van der Waals surface area contributed by atoms with Crippen LogP contribution in [0.4, 0.5) is 4.39 Å². The van der Waals surface area contributed by atoms with Crippen LogP contribution in [-0.2, 0) is 5.88 Å². The molecule has 1 heterocycles. The highest BCUT2D eigenvalue weighted by Gasteiger charge is 2.11. The fourth-order valence-electron chi connectivity index (χ4n) is 1.05. The highest BCUT2D eigenvalue weighted by molar-refractivity contribution is 6.16. The Balaban J connectivity index is 2.44. The number of rotatable bonds is 2. The van der Waals surface area contributed by atoms with E-state index in [0.29, 0.717) is 0 Å². The summed E-state index contributed by atoms with van der Waals surface area (Å²) in [6.45, 7) is 0. The summed E-state index contributed by atoms with van der Waals surface area (Å²) in [7, 11) is 0. The summed E-state index contributed by atoms with van der Waals surface area (Å²) in [5.74, 6) is 0.169. The monoisotopic (exact) mass is 212 g/mol. The minimum atomic E-state index is -0.391. The van der Waals surface area contributed by atoms with Gasteiger partial charge in [0.05, 0.1) is 5.56 Å². The van der Waals surface area contributed by atoms with E-state index >= 15 is 0 Å². The first-order chi connectivity index (χ1) is 6.81. The number of halogens is 2. The summed E-state index contributed by atoms with van der Waals surface area (Å²) in [4.78, 5) is 0. The molecular weight excluding hydrogens is 207 g/mol. The summed E-state index contributed by atoms with van der Waals surface area (Å²) in [6.07, 6.45) is 0. The molecule has 14 heavy (non-hydrogen) atoms. The van der Waals surface area contributed by atoms with Crippen molar-refractivity contribution in [2.24, 2.45) is 0 Å². The molecule has 0 unspecified atom stereocenters. The molecule has 0 aliphatic carbocycles. The maximum Gasteiger partial charge on any atom is 0.250 e. The molecule has 0 N–H and O–H groups in total. The van der Waals surface area contributed by atoms with Gasteiger partial charge in [-0.25, -0.2) is 4.39 Å². The summed E-state index contributed by atoms with van der Waals surface area (Å²) in [5, 5.41) is 7.31. The zero-order valence-electron chi connectivity index (χ0n) is 7.08. The Kier molecular flexibility index (Phi) is 2.45. The van der Waals surface area contributed by atoms with Gasteiger partial charge in [0.25, 0.3) is 5.89 Å². The van der Waals surface area contributed by atoms with Crippen LogP contribution < -0.4 is 0 Å². The lowest BCUT2D eigenvalue weighted by Gasteiger charge is -1.94. The molecule has 5 heteroatoms. The maximum atomic E-state index is 13.2.